The van der Waals surface area contributed by atoms with E-state index in [1.807, 2.05) is 17.0 Å². The lowest BCUT2D eigenvalue weighted by Crippen LogP contribution is -2.48. The van der Waals surface area contributed by atoms with Crippen LogP contribution >= 0.6 is 0 Å². The lowest BCUT2D eigenvalue weighted by molar-refractivity contribution is -0.127. The highest BCUT2D eigenvalue weighted by molar-refractivity contribution is 5.82. The average Bonchev–Trinajstić information content (AvgIpc) is 3.56. The normalized spacial score (nSPS) is 25.9. The van der Waals surface area contributed by atoms with Crippen molar-refractivity contribution in [2.75, 3.05) is 19.8 Å². The van der Waals surface area contributed by atoms with E-state index in [2.05, 4.69) is 36.4 Å². The molecule has 3 aliphatic heterocycles. The number of hydrogen-bond donors (Lipinski definition) is 0. The fourth-order valence-corrected chi connectivity index (χ4v) is 6.44. The molecule has 3 saturated heterocycles. The number of carbonyl (C=O) groups is 2. The molecule has 0 aromatic heterocycles. The highest BCUT2D eigenvalue weighted by Gasteiger charge is 2.46. The maximum Gasteiger partial charge on any atom is 0.410 e. The van der Waals surface area contributed by atoms with Crippen molar-refractivity contribution >= 4 is 11.9 Å². The summed E-state index contributed by atoms with van der Waals surface area (Å²) in [5.41, 5.74) is 4.90. The number of hydrogen-bond acceptors (Lipinski definition) is 5. The Hall–Kier alpha value is -2.70. The standard InChI is InChI=1S/C28H31NO5/c30-26(11-12-27-32-13-14-33-27)18-15-19-9-10-20(16-18)29(19)28(31)34-17-25-23-7-3-1-5-21(23)22-6-2-4-8-24(22)25/h1-8,18-20,25,27H,9-17H2. The number of ketones is 1. The van der Waals surface area contributed by atoms with Crippen LogP contribution in [0.3, 0.4) is 0 Å². The predicted octanol–water partition coefficient (Wildman–Crippen LogP) is 4.90. The van der Waals surface area contributed by atoms with Crippen molar-refractivity contribution in [3.8, 4) is 11.1 Å². The van der Waals surface area contributed by atoms with Crippen LogP contribution in [0.4, 0.5) is 4.79 Å². The van der Waals surface area contributed by atoms with Crippen LogP contribution in [0.25, 0.3) is 11.1 Å². The highest BCUT2D eigenvalue weighted by atomic mass is 16.7. The van der Waals surface area contributed by atoms with Crippen molar-refractivity contribution in [1.82, 2.24) is 4.90 Å². The molecule has 2 atom stereocenters. The molecule has 6 rings (SSSR count). The third-order valence-electron chi connectivity index (χ3n) is 8.05. The first kappa shape index (κ1) is 21.8. The Balaban J connectivity index is 1.08. The molecule has 2 aromatic rings. The van der Waals surface area contributed by atoms with Crippen molar-refractivity contribution in [3.63, 3.8) is 0 Å². The molecule has 6 heteroatoms. The van der Waals surface area contributed by atoms with Crippen LogP contribution in [-0.4, -0.2) is 55.0 Å². The summed E-state index contributed by atoms with van der Waals surface area (Å²) >= 11 is 0. The summed E-state index contributed by atoms with van der Waals surface area (Å²) in [4.78, 5) is 28.0. The maximum atomic E-state index is 13.2. The van der Waals surface area contributed by atoms with Gasteiger partial charge in [-0.25, -0.2) is 4.79 Å². The minimum Gasteiger partial charge on any atom is -0.448 e. The van der Waals surface area contributed by atoms with E-state index < -0.39 is 0 Å². The minimum atomic E-state index is -0.235. The maximum absolute atomic E-state index is 13.2. The van der Waals surface area contributed by atoms with E-state index in [0.717, 1.165) is 25.7 Å². The number of amides is 1. The first-order valence-electron chi connectivity index (χ1n) is 12.6. The second-order valence-corrected chi connectivity index (χ2v) is 9.94. The molecule has 3 fully saturated rings. The van der Waals surface area contributed by atoms with Gasteiger partial charge in [0.1, 0.15) is 12.4 Å². The van der Waals surface area contributed by atoms with Gasteiger partial charge in [-0.1, -0.05) is 48.5 Å². The fourth-order valence-electron chi connectivity index (χ4n) is 6.44. The van der Waals surface area contributed by atoms with Crippen LogP contribution < -0.4 is 0 Å². The number of fused-ring (bicyclic) bond motifs is 5. The van der Waals surface area contributed by atoms with E-state index >= 15 is 0 Å². The topological polar surface area (TPSA) is 65.1 Å². The van der Waals surface area contributed by atoms with Crippen LogP contribution in [-0.2, 0) is 19.0 Å². The monoisotopic (exact) mass is 461 g/mol. The molecular formula is C28H31NO5. The lowest BCUT2D eigenvalue weighted by atomic mass is 9.86. The minimum absolute atomic E-state index is 0.0246. The summed E-state index contributed by atoms with van der Waals surface area (Å²) in [6.07, 6.45) is 4.04. The average molecular weight is 462 g/mol. The Bertz CT molecular complexity index is 1020. The summed E-state index contributed by atoms with van der Waals surface area (Å²) in [6.45, 7) is 1.57. The second kappa shape index (κ2) is 9.16. The van der Waals surface area contributed by atoms with E-state index in [1.54, 1.807) is 0 Å². The van der Waals surface area contributed by atoms with Gasteiger partial charge in [0.15, 0.2) is 6.29 Å². The summed E-state index contributed by atoms with van der Waals surface area (Å²) < 4.78 is 16.9. The molecule has 0 radical (unpaired) electrons. The first-order valence-corrected chi connectivity index (χ1v) is 12.6. The molecule has 0 spiro atoms. The molecule has 34 heavy (non-hydrogen) atoms. The highest BCUT2D eigenvalue weighted by Crippen LogP contribution is 2.45. The van der Waals surface area contributed by atoms with Gasteiger partial charge in [-0.3, -0.25) is 4.79 Å². The molecule has 2 unspecified atom stereocenters. The van der Waals surface area contributed by atoms with E-state index in [1.165, 1.54) is 22.3 Å². The van der Waals surface area contributed by atoms with E-state index in [4.69, 9.17) is 14.2 Å². The van der Waals surface area contributed by atoms with Gasteiger partial charge < -0.3 is 19.1 Å². The third kappa shape index (κ3) is 3.93. The van der Waals surface area contributed by atoms with Gasteiger partial charge in [-0.05, 0) is 47.9 Å². The van der Waals surface area contributed by atoms with E-state index in [-0.39, 0.29) is 42.1 Å². The molecule has 1 amide bonds. The third-order valence-corrected chi connectivity index (χ3v) is 8.05. The summed E-state index contributed by atoms with van der Waals surface area (Å²) in [5.74, 6) is 0.368. The van der Waals surface area contributed by atoms with Crippen LogP contribution in [0.2, 0.25) is 0 Å². The smallest absolute Gasteiger partial charge is 0.410 e. The van der Waals surface area contributed by atoms with Gasteiger partial charge in [-0.2, -0.15) is 0 Å². The Morgan fingerprint density at radius 1 is 0.882 bits per heavy atom. The Labute approximate surface area is 200 Å². The number of benzene rings is 2. The van der Waals surface area contributed by atoms with Gasteiger partial charge in [0, 0.05) is 36.8 Å². The van der Waals surface area contributed by atoms with Gasteiger partial charge >= 0.3 is 6.09 Å². The molecule has 0 saturated carbocycles. The van der Waals surface area contributed by atoms with Gasteiger partial charge in [0.05, 0.1) is 13.2 Å². The van der Waals surface area contributed by atoms with Crippen LogP contribution in [0.1, 0.15) is 55.6 Å². The molecule has 6 nitrogen and oxygen atoms in total. The zero-order valence-corrected chi connectivity index (χ0v) is 19.4. The summed E-state index contributed by atoms with van der Waals surface area (Å²) in [7, 11) is 0. The Kier molecular flexibility index (Phi) is 5.87. The zero-order valence-electron chi connectivity index (χ0n) is 19.4. The van der Waals surface area contributed by atoms with Crippen molar-refractivity contribution < 1.29 is 23.8 Å². The molecule has 3 heterocycles. The summed E-state index contributed by atoms with van der Waals surface area (Å²) in [5, 5.41) is 0. The zero-order chi connectivity index (χ0) is 23.1. The molecule has 2 bridgehead atoms. The largest absolute Gasteiger partial charge is 0.448 e. The van der Waals surface area contributed by atoms with Crippen molar-refractivity contribution in [2.45, 2.75) is 62.8 Å². The quantitative estimate of drug-likeness (QED) is 0.612. The van der Waals surface area contributed by atoms with Gasteiger partial charge in [0.2, 0.25) is 0 Å². The van der Waals surface area contributed by atoms with Gasteiger partial charge in [-0.15, -0.1) is 0 Å². The molecule has 0 N–H and O–H groups in total. The number of rotatable bonds is 6. The van der Waals surface area contributed by atoms with Crippen molar-refractivity contribution in [2.24, 2.45) is 5.92 Å². The number of carbonyl (C=O) groups excluding carboxylic acids is 2. The Morgan fingerprint density at radius 3 is 2.09 bits per heavy atom. The van der Waals surface area contributed by atoms with E-state index in [0.29, 0.717) is 32.7 Å². The van der Waals surface area contributed by atoms with Crippen LogP contribution in [0.15, 0.2) is 48.5 Å². The van der Waals surface area contributed by atoms with Crippen molar-refractivity contribution in [3.05, 3.63) is 59.7 Å². The Morgan fingerprint density at radius 2 is 1.47 bits per heavy atom. The SMILES string of the molecule is O=C(CCC1OCCO1)C1CC2CCC(C1)N2C(=O)OCC1c2ccccc2-c2ccccc21. The van der Waals surface area contributed by atoms with Crippen molar-refractivity contribution in [1.29, 1.82) is 0 Å². The summed E-state index contributed by atoms with van der Waals surface area (Å²) in [6, 6.07) is 17.0. The first-order chi connectivity index (χ1) is 16.7. The number of ether oxygens (including phenoxy) is 3. The fraction of sp³-hybridized carbons (Fsp3) is 0.500. The molecule has 1 aliphatic carbocycles. The van der Waals surface area contributed by atoms with Gasteiger partial charge in [0.25, 0.3) is 0 Å². The lowest BCUT2D eigenvalue weighted by Gasteiger charge is -2.38. The molecule has 4 aliphatic rings. The van der Waals surface area contributed by atoms with Crippen LogP contribution in [0.5, 0.6) is 0 Å². The number of Topliss-reactive ketones (excluding diaryl/α,β-unsaturated/α-hetero) is 1. The molecule has 178 valence electrons. The number of piperidine rings is 1. The molecular weight excluding hydrogens is 430 g/mol. The van der Waals surface area contributed by atoms with E-state index in [9.17, 15) is 9.59 Å². The second-order valence-electron chi connectivity index (χ2n) is 9.94. The number of nitrogens with zero attached hydrogens (tertiary/aromatic N) is 1. The molecule has 2 aromatic carbocycles. The predicted molar refractivity (Wildman–Crippen MR) is 126 cm³/mol. The van der Waals surface area contributed by atoms with Crippen LogP contribution in [0, 0.1) is 5.92 Å².